The van der Waals surface area contributed by atoms with Crippen LogP contribution < -0.4 is 16.0 Å². The zero-order valence-corrected chi connectivity index (χ0v) is 17.4. The molecule has 0 aliphatic heterocycles. The van der Waals surface area contributed by atoms with Crippen molar-refractivity contribution in [2.45, 2.75) is 16.8 Å². The Morgan fingerprint density at radius 1 is 0.970 bits per heavy atom. The summed E-state index contributed by atoms with van der Waals surface area (Å²) >= 11 is 0.234. The van der Waals surface area contributed by atoms with Gasteiger partial charge in [-0.2, -0.15) is 22.0 Å². The Labute approximate surface area is 188 Å². The number of carbonyl (C=O) groups excluding carboxylic acids is 2. The van der Waals surface area contributed by atoms with Gasteiger partial charge in [0.25, 0.3) is 11.7 Å². The van der Waals surface area contributed by atoms with Crippen molar-refractivity contribution < 1.29 is 36.0 Å². The summed E-state index contributed by atoms with van der Waals surface area (Å²) in [6.45, 7) is -0.561. The first-order valence-electron chi connectivity index (χ1n) is 9.27. The van der Waals surface area contributed by atoms with Crippen LogP contribution in [0.3, 0.4) is 0 Å². The topological polar surface area (TPSA) is 83.4 Å². The molecule has 0 atom stereocenters. The van der Waals surface area contributed by atoms with Gasteiger partial charge in [-0.3, -0.25) is 9.59 Å². The van der Waals surface area contributed by atoms with Crippen LogP contribution >= 0.6 is 11.8 Å². The van der Waals surface area contributed by atoms with E-state index in [1.807, 2.05) is 0 Å². The molecule has 0 aliphatic carbocycles. The van der Waals surface area contributed by atoms with Crippen LogP contribution in [0, 0.1) is 0 Å². The predicted octanol–water partition coefficient (Wildman–Crippen LogP) is 5.92. The van der Waals surface area contributed by atoms with E-state index in [2.05, 4.69) is 16.0 Å². The Hall–Kier alpha value is -3.54. The highest BCUT2D eigenvalue weighted by atomic mass is 32.2. The first-order chi connectivity index (χ1) is 15.6. The SMILES string of the molecule is O=C(CNc1ccc(NC(=O)c2ccco2)cc1C(F)(F)F)Nc1ccccc1SC(F)F. The number of hydrogen-bond acceptors (Lipinski definition) is 5. The van der Waals surface area contributed by atoms with Crippen molar-refractivity contribution in [1.82, 2.24) is 0 Å². The zero-order valence-electron chi connectivity index (χ0n) is 16.6. The van der Waals surface area contributed by atoms with Crippen LogP contribution in [-0.4, -0.2) is 24.1 Å². The number of anilines is 3. The molecule has 174 valence electrons. The standard InChI is InChI=1S/C21H16F5N3O3S/c22-20(23)33-17-6-2-1-4-15(17)29-18(30)11-27-14-8-7-12(10-13(14)21(24,25)26)28-19(31)16-5-3-9-32-16/h1-10,20,27H,11H2,(H,28,31)(H,29,30). The minimum atomic E-state index is -4.79. The van der Waals surface area contributed by atoms with Gasteiger partial charge in [0.1, 0.15) is 0 Å². The Kier molecular flexibility index (Phi) is 7.59. The fourth-order valence-electron chi connectivity index (χ4n) is 2.75. The molecule has 12 heteroatoms. The van der Waals surface area contributed by atoms with E-state index in [9.17, 15) is 31.5 Å². The Morgan fingerprint density at radius 3 is 2.39 bits per heavy atom. The van der Waals surface area contributed by atoms with Crippen molar-refractivity contribution in [2.75, 3.05) is 22.5 Å². The molecule has 33 heavy (non-hydrogen) atoms. The van der Waals surface area contributed by atoms with Crippen LogP contribution in [-0.2, 0) is 11.0 Å². The normalized spacial score (nSPS) is 11.3. The summed E-state index contributed by atoms with van der Waals surface area (Å²) in [7, 11) is 0. The van der Waals surface area contributed by atoms with Gasteiger partial charge in [0.05, 0.1) is 24.1 Å². The van der Waals surface area contributed by atoms with Crippen LogP contribution in [0.5, 0.6) is 0 Å². The largest absolute Gasteiger partial charge is 0.459 e. The van der Waals surface area contributed by atoms with Gasteiger partial charge in [0.15, 0.2) is 5.76 Å². The zero-order chi connectivity index (χ0) is 24.0. The maximum Gasteiger partial charge on any atom is 0.418 e. The number of hydrogen-bond donors (Lipinski definition) is 3. The van der Waals surface area contributed by atoms with E-state index in [1.165, 1.54) is 48.7 Å². The Bertz CT molecular complexity index is 1120. The van der Waals surface area contributed by atoms with E-state index in [-0.39, 0.29) is 33.8 Å². The third kappa shape index (κ3) is 6.72. The fourth-order valence-corrected chi connectivity index (χ4v) is 3.34. The van der Waals surface area contributed by atoms with E-state index in [1.54, 1.807) is 0 Å². The summed E-state index contributed by atoms with van der Waals surface area (Å²) in [6, 6.07) is 11.6. The highest BCUT2D eigenvalue weighted by Crippen LogP contribution is 2.37. The minimum absolute atomic E-state index is 0.0762. The monoisotopic (exact) mass is 485 g/mol. The van der Waals surface area contributed by atoms with Gasteiger partial charge in [-0.05, 0) is 42.5 Å². The van der Waals surface area contributed by atoms with E-state index in [0.717, 1.165) is 12.1 Å². The Morgan fingerprint density at radius 2 is 1.73 bits per heavy atom. The van der Waals surface area contributed by atoms with Crippen LogP contribution in [0.2, 0.25) is 0 Å². The molecular weight excluding hydrogens is 469 g/mol. The lowest BCUT2D eigenvalue weighted by molar-refractivity contribution is -0.137. The number of benzene rings is 2. The number of carbonyl (C=O) groups is 2. The van der Waals surface area contributed by atoms with Crippen LogP contribution in [0.15, 0.2) is 70.2 Å². The molecule has 0 saturated carbocycles. The van der Waals surface area contributed by atoms with Gasteiger partial charge in [-0.1, -0.05) is 23.9 Å². The lowest BCUT2D eigenvalue weighted by Crippen LogP contribution is -2.23. The van der Waals surface area contributed by atoms with Crippen molar-refractivity contribution in [1.29, 1.82) is 0 Å². The second-order valence-electron chi connectivity index (χ2n) is 6.47. The first-order valence-corrected chi connectivity index (χ1v) is 10.1. The summed E-state index contributed by atoms with van der Waals surface area (Å²) in [5, 5.41) is 7.08. The molecule has 1 aromatic heterocycles. The lowest BCUT2D eigenvalue weighted by atomic mass is 10.1. The number of furan rings is 1. The molecule has 2 aromatic carbocycles. The molecule has 3 rings (SSSR count). The second kappa shape index (κ2) is 10.4. The molecule has 0 spiro atoms. The van der Waals surface area contributed by atoms with Crippen molar-refractivity contribution in [3.05, 3.63) is 72.2 Å². The number of amides is 2. The van der Waals surface area contributed by atoms with E-state index >= 15 is 0 Å². The summed E-state index contributed by atoms with van der Waals surface area (Å²) in [5.74, 6) is -4.25. The minimum Gasteiger partial charge on any atom is -0.459 e. The molecule has 0 bridgehead atoms. The number of nitrogens with one attached hydrogen (secondary N) is 3. The molecule has 3 aromatic rings. The van der Waals surface area contributed by atoms with Crippen molar-refractivity contribution in [3.63, 3.8) is 0 Å². The van der Waals surface area contributed by atoms with Crippen molar-refractivity contribution in [3.8, 4) is 0 Å². The van der Waals surface area contributed by atoms with Crippen LogP contribution in [0.4, 0.5) is 39.0 Å². The summed E-state index contributed by atoms with van der Waals surface area (Å²) in [4.78, 5) is 24.3. The van der Waals surface area contributed by atoms with Gasteiger partial charge in [-0.25, -0.2) is 0 Å². The van der Waals surface area contributed by atoms with Crippen molar-refractivity contribution in [2.24, 2.45) is 0 Å². The van der Waals surface area contributed by atoms with Gasteiger partial charge >= 0.3 is 6.18 Å². The molecule has 0 fully saturated rings. The molecule has 0 saturated heterocycles. The van der Waals surface area contributed by atoms with Gasteiger partial charge in [0, 0.05) is 16.3 Å². The highest BCUT2D eigenvalue weighted by Gasteiger charge is 2.34. The average Bonchev–Trinajstić information content (AvgIpc) is 3.28. The molecular formula is C21H16F5N3O3S. The number of alkyl halides is 5. The predicted molar refractivity (Wildman–Crippen MR) is 114 cm³/mol. The maximum absolute atomic E-state index is 13.5. The number of halogens is 5. The molecule has 3 N–H and O–H groups in total. The first kappa shape index (κ1) is 24.1. The number of para-hydroxylation sites is 1. The quantitative estimate of drug-likeness (QED) is 0.273. The molecule has 0 aliphatic rings. The third-order valence-corrected chi connectivity index (χ3v) is 4.93. The fraction of sp³-hybridized carbons (Fsp3) is 0.143. The number of rotatable bonds is 8. The molecule has 2 amide bonds. The molecule has 1 heterocycles. The third-order valence-electron chi connectivity index (χ3n) is 4.14. The smallest absolute Gasteiger partial charge is 0.418 e. The van der Waals surface area contributed by atoms with E-state index < -0.39 is 41.5 Å². The summed E-state index contributed by atoms with van der Waals surface area (Å²) in [5.41, 5.74) is -1.52. The van der Waals surface area contributed by atoms with Crippen molar-refractivity contribution >= 4 is 40.6 Å². The summed E-state index contributed by atoms with van der Waals surface area (Å²) in [6.07, 6.45) is -3.54. The molecule has 6 nitrogen and oxygen atoms in total. The van der Waals surface area contributed by atoms with Crippen LogP contribution in [0.25, 0.3) is 0 Å². The number of thioether (sulfide) groups is 1. The van der Waals surface area contributed by atoms with Gasteiger partial charge in [-0.15, -0.1) is 0 Å². The van der Waals surface area contributed by atoms with E-state index in [4.69, 9.17) is 4.42 Å². The van der Waals surface area contributed by atoms with Crippen LogP contribution in [0.1, 0.15) is 16.1 Å². The molecule has 0 radical (unpaired) electrons. The summed E-state index contributed by atoms with van der Waals surface area (Å²) < 4.78 is 70.8. The van der Waals surface area contributed by atoms with Gasteiger partial charge in [0.2, 0.25) is 5.91 Å². The van der Waals surface area contributed by atoms with E-state index in [0.29, 0.717) is 0 Å². The molecule has 0 unspecified atom stereocenters. The lowest BCUT2D eigenvalue weighted by Gasteiger charge is -2.16. The second-order valence-corrected chi connectivity index (χ2v) is 7.50. The maximum atomic E-state index is 13.5. The van der Waals surface area contributed by atoms with Gasteiger partial charge < -0.3 is 20.4 Å². The highest BCUT2D eigenvalue weighted by molar-refractivity contribution is 7.99. The Balaban J connectivity index is 1.70. The average molecular weight is 485 g/mol.